The summed E-state index contributed by atoms with van der Waals surface area (Å²) >= 11 is 0. The van der Waals surface area contributed by atoms with Crippen LogP contribution in [-0.4, -0.2) is 41.3 Å². The molecule has 29 heavy (non-hydrogen) atoms. The van der Waals surface area contributed by atoms with E-state index in [1.54, 1.807) is 12.1 Å². The summed E-state index contributed by atoms with van der Waals surface area (Å²) in [6.45, 7) is 6.73. The number of nitrogens with zero attached hydrogens (tertiary/aromatic N) is 4. The number of hydrogen-bond acceptors (Lipinski definition) is 7. The second-order valence-corrected chi connectivity index (χ2v) is 7.02. The Labute approximate surface area is 169 Å². The maximum atomic E-state index is 13.6. The van der Waals surface area contributed by atoms with Gasteiger partial charge in [-0.05, 0) is 55.3 Å². The van der Waals surface area contributed by atoms with E-state index >= 15 is 0 Å². The molecular weight excluding hydrogens is 371 g/mol. The van der Waals surface area contributed by atoms with Crippen LogP contribution in [0.5, 0.6) is 0 Å². The Bertz CT molecular complexity index is 986. The van der Waals surface area contributed by atoms with Gasteiger partial charge in [0.2, 0.25) is 17.8 Å². The van der Waals surface area contributed by atoms with Crippen molar-refractivity contribution in [2.75, 3.05) is 41.8 Å². The Kier molecular flexibility index (Phi) is 5.53. The van der Waals surface area contributed by atoms with Crippen LogP contribution in [0, 0.1) is 19.7 Å². The molecule has 0 bridgehead atoms. The molecular formula is C21H23FN6O. The molecule has 0 aliphatic carbocycles. The van der Waals surface area contributed by atoms with Crippen LogP contribution in [0.3, 0.4) is 0 Å². The van der Waals surface area contributed by atoms with Crippen molar-refractivity contribution in [3.63, 3.8) is 0 Å². The minimum absolute atomic E-state index is 0.328. The molecule has 1 fully saturated rings. The van der Waals surface area contributed by atoms with Crippen LogP contribution in [0.25, 0.3) is 0 Å². The number of nitrogens with one attached hydrogen (secondary N) is 2. The van der Waals surface area contributed by atoms with E-state index in [0.717, 1.165) is 16.8 Å². The third-order valence-corrected chi connectivity index (χ3v) is 4.48. The SMILES string of the molecule is Cc1cc(C)cc(Nc2nc(Nc3cccc(F)c3)nc(N3CCOCC3)n2)c1. The molecule has 2 aromatic carbocycles. The molecule has 0 atom stereocenters. The van der Waals surface area contributed by atoms with E-state index in [1.165, 1.54) is 12.1 Å². The van der Waals surface area contributed by atoms with Gasteiger partial charge in [-0.1, -0.05) is 12.1 Å². The highest BCUT2D eigenvalue weighted by atomic mass is 19.1. The first-order valence-electron chi connectivity index (χ1n) is 9.52. The second-order valence-electron chi connectivity index (χ2n) is 7.02. The fourth-order valence-corrected chi connectivity index (χ4v) is 3.25. The van der Waals surface area contributed by atoms with Crippen molar-refractivity contribution in [2.45, 2.75) is 13.8 Å². The number of hydrogen-bond donors (Lipinski definition) is 2. The number of aryl methyl sites for hydroxylation is 2. The number of halogens is 1. The summed E-state index contributed by atoms with van der Waals surface area (Å²) in [4.78, 5) is 15.7. The minimum atomic E-state index is -0.328. The van der Waals surface area contributed by atoms with Crippen LogP contribution in [-0.2, 0) is 4.74 Å². The summed E-state index contributed by atoms with van der Waals surface area (Å²) in [5, 5.41) is 6.34. The molecule has 7 nitrogen and oxygen atoms in total. The lowest BCUT2D eigenvalue weighted by Crippen LogP contribution is -2.37. The van der Waals surface area contributed by atoms with Gasteiger partial charge < -0.3 is 20.3 Å². The Balaban J connectivity index is 1.67. The summed E-state index contributed by atoms with van der Waals surface area (Å²) < 4.78 is 19.0. The lowest BCUT2D eigenvalue weighted by Gasteiger charge is -2.27. The van der Waals surface area contributed by atoms with Crippen molar-refractivity contribution in [3.05, 3.63) is 59.4 Å². The highest BCUT2D eigenvalue weighted by molar-refractivity contribution is 5.60. The number of aromatic nitrogens is 3. The highest BCUT2D eigenvalue weighted by Gasteiger charge is 2.17. The Morgan fingerprint density at radius 2 is 1.52 bits per heavy atom. The van der Waals surface area contributed by atoms with Gasteiger partial charge in [0.15, 0.2) is 0 Å². The molecule has 1 aliphatic rings. The number of rotatable bonds is 5. The molecule has 3 aromatic rings. The van der Waals surface area contributed by atoms with Gasteiger partial charge in [0, 0.05) is 24.5 Å². The summed E-state index contributed by atoms with van der Waals surface area (Å²) in [6.07, 6.45) is 0. The summed E-state index contributed by atoms with van der Waals surface area (Å²) in [5.41, 5.74) is 3.76. The zero-order valence-corrected chi connectivity index (χ0v) is 16.4. The zero-order valence-electron chi connectivity index (χ0n) is 16.4. The first-order valence-corrected chi connectivity index (χ1v) is 9.52. The maximum absolute atomic E-state index is 13.6. The predicted octanol–water partition coefficient (Wildman–Crippen LogP) is 3.95. The van der Waals surface area contributed by atoms with Gasteiger partial charge in [-0.25, -0.2) is 4.39 Å². The first-order chi connectivity index (χ1) is 14.0. The van der Waals surface area contributed by atoms with Gasteiger partial charge in [0.05, 0.1) is 13.2 Å². The third-order valence-electron chi connectivity index (χ3n) is 4.48. The van der Waals surface area contributed by atoms with Crippen LogP contribution < -0.4 is 15.5 Å². The topological polar surface area (TPSA) is 75.2 Å². The Hall–Kier alpha value is -3.26. The second kappa shape index (κ2) is 8.40. The smallest absolute Gasteiger partial charge is 0.233 e. The van der Waals surface area contributed by atoms with Crippen LogP contribution in [0.4, 0.5) is 33.6 Å². The van der Waals surface area contributed by atoms with Gasteiger partial charge in [-0.3, -0.25) is 0 Å². The lowest BCUT2D eigenvalue weighted by molar-refractivity contribution is 0.122. The molecule has 1 saturated heterocycles. The fraction of sp³-hybridized carbons (Fsp3) is 0.286. The number of ether oxygens (including phenoxy) is 1. The molecule has 2 N–H and O–H groups in total. The lowest BCUT2D eigenvalue weighted by atomic mass is 10.1. The van der Waals surface area contributed by atoms with Gasteiger partial charge in [0.25, 0.3) is 0 Å². The van der Waals surface area contributed by atoms with E-state index in [9.17, 15) is 4.39 Å². The van der Waals surface area contributed by atoms with Gasteiger partial charge in [0.1, 0.15) is 5.82 Å². The quantitative estimate of drug-likeness (QED) is 0.679. The van der Waals surface area contributed by atoms with Crippen LogP contribution >= 0.6 is 0 Å². The molecule has 0 spiro atoms. The Morgan fingerprint density at radius 3 is 2.17 bits per heavy atom. The van der Waals surface area contributed by atoms with Crippen molar-refractivity contribution >= 4 is 29.2 Å². The first kappa shape index (κ1) is 19.1. The molecule has 1 aliphatic heterocycles. The molecule has 0 amide bonds. The molecule has 2 heterocycles. The molecule has 1 aromatic heterocycles. The van der Waals surface area contributed by atoms with Crippen molar-refractivity contribution in [1.82, 2.24) is 15.0 Å². The number of benzene rings is 2. The summed E-state index contributed by atoms with van der Waals surface area (Å²) in [6, 6.07) is 12.4. The predicted molar refractivity (Wildman–Crippen MR) is 112 cm³/mol. The minimum Gasteiger partial charge on any atom is -0.378 e. The molecule has 0 radical (unpaired) electrons. The van der Waals surface area contributed by atoms with Gasteiger partial charge in [-0.2, -0.15) is 15.0 Å². The average molecular weight is 394 g/mol. The van der Waals surface area contributed by atoms with Gasteiger partial charge >= 0.3 is 0 Å². The van der Waals surface area contributed by atoms with E-state index in [2.05, 4.69) is 36.6 Å². The number of anilines is 5. The number of morpholine rings is 1. The highest BCUT2D eigenvalue weighted by Crippen LogP contribution is 2.22. The average Bonchev–Trinajstić information content (AvgIpc) is 2.68. The molecule has 0 saturated carbocycles. The summed E-state index contributed by atoms with van der Waals surface area (Å²) in [7, 11) is 0. The van der Waals surface area contributed by atoms with E-state index < -0.39 is 0 Å². The monoisotopic (exact) mass is 394 g/mol. The largest absolute Gasteiger partial charge is 0.378 e. The standard InChI is InChI=1S/C21H23FN6O/c1-14-10-15(2)12-18(11-14)24-20-25-19(23-17-5-3-4-16(22)13-17)26-21(27-20)28-6-8-29-9-7-28/h3-5,10-13H,6-9H2,1-2H3,(H2,23,24,25,26,27). The summed E-state index contributed by atoms with van der Waals surface area (Å²) in [5.74, 6) is 0.990. The van der Waals surface area contributed by atoms with E-state index in [-0.39, 0.29) is 5.82 Å². The molecule has 8 heteroatoms. The normalized spacial score (nSPS) is 14.0. The van der Waals surface area contributed by atoms with E-state index in [4.69, 9.17) is 4.74 Å². The third kappa shape index (κ3) is 4.97. The molecule has 150 valence electrons. The van der Waals surface area contributed by atoms with Crippen molar-refractivity contribution < 1.29 is 9.13 Å². The van der Waals surface area contributed by atoms with E-state index in [0.29, 0.717) is 49.8 Å². The zero-order chi connectivity index (χ0) is 20.2. The van der Waals surface area contributed by atoms with Crippen LogP contribution in [0.2, 0.25) is 0 Å². The van der Waals surface area contributed by atoms with Crippen LogP contribution in [0.1, 0.15) is 11.1 Å². The molecule has 0 unspecified atom stereocenters. The Morgan fingerprint density at radius 1 is 0.862 bits per heavy atom. The van der Waals surface area contributed by atoms with Gasteiger partial charge in [-0.15, -0.1) is 0 Å². The van der Waals surface area contributed by atoms with E-state index in [1.807, 2.05) is 26.0 Å². The van der Waals surface area contributed by atoms with Crippen molar-refractivity contribution in [3.8, 4) is 0 Å². The van der Waals surface area contributed by atoms with Crippen molar-refractivity contribution in [2.24, 2.45) is 0 Å². The molecule has 4 rings (SSSR count). The van der Waals surface area contributed by atoms with Crippen molar-refractivity contribution in [1.29, 1.82) is 0 Å². The van der Waals surface area contributed by atoms with Crippen LogP contribution in [0.15, 0.2) is 42.5 Å². The maximum Gasteiger partial charge on any atom is 0.233 e. The fourth-order valence-electron chi connectivity index (χ4n) is 3.25.